The summed E-state index contributed by atoms with van der Waals surface area (Å²) in [6, 6.07) is 3.97. The summed E-state index contributed by atoms with van der Waals surface area (Å²) in [6.07, 6.45) is 7.54. The van der Waals surface area contributed by atoms with E-state index in [1.54, 1.807) is 6.08 Å². The van der Waals surface area contributed by atoms with E-state index < -0.39 is 0 Å². The molecule has 0 aliphatic carbocycles. The van der Waals surface area contributed by atoms with Crippen LogP contribution in [-0.4, -0.2) is 37.8 Å². The topological polar surface area (TPSA) is 60.3 Å². The molecule has 0 spiro atoms. The van der Waals surface area contributed by atoms with Crippen molar-refractivity contribution in [3.63, 3.8) is 0 Å². The molecule has 0 fully saturated rings. The predicted octanol–water partition coefficient (Wildman–Crippen LogP) is 5.67. The molecule has 1 aromatic carbocycles. The van der Waals surface area contributed by atoms with Crippen LogP contribution in [0.25, 0.3) is 0 Å². The zero-order chi connectivity index (χ0) is 19.9. The van der Waals surface area contributed by atoms with E-state index in [0.717, 1.165) is 48.3 Å². The Morgan fingerprint density at radius 2 is 1.89 bits per heavy atom. The Morgan fingerprint density at radius 1 is 1.11 bits per heavy atom. The van der Waals surface area contributed by atoms with E-state index in [1.165, 1.54) is 6.21 Å². The van der Waals surface area contributed by atoms with Crippen LogP contribution in [-0.2, 0) is 11.2 Å². The van der Waals surface area contributed by atoms with Gasteiger partial charge in [0.15, 0.2) is 0 Å². The van der Waals surface area contributed by atoms with Crippen LogP contribution in [0.15, 0.2) is 27.9 Å². The van der Waals surface area contributed by atoms with Crippen LogP contribution in [0.4, 0.5) is 0 Å². The van der Waals surface area contributed by atoms with E-state index >= 15 is 0 Å². The number of ether oxygens (including phenoxy) is 3. The van der Waals surface area contributed by atoms with Crippen LogP contribution in [0.3, 0.4) is 0 Å². The van der Waals surface area contributed by atoms with Crippen molar-refractivity contribution in [2.24, 2.45) is 5.16 Å². The quantitative estimate of drug-likeness (QED) is 0.183. The minimum atomic E-state index is 0.201. The molecule has 0 atom stereocenters. The number of benzene rings is 1. The van der Waals surface area contributed by atoms with Crippen LogP contribution in [0.2, 0.25) is 0 Å². The van der Waals surface area contributed by atoms with Crippen molar-refractivity contribution in [1.29, 1.82) is 0 Å². The largest absolute Gasteiger partial charge is 0.493 e. The third-order valence-corrected chi connectivity index (χ3v) is 4.15. The first-order chi connectivity index (χ1) is 13.1. The van der Waals surface area contributed by atoms with E-state index in [2.05, 4.69) is 12.1 Å². The zero-order valence-electron chi connectivity index (χ0n) is 16.0. The van der Waals surface area contributed by atoms with Gasteiger partial charge in [-0.3, -0.25) is 0 Å². The summed E-state index contributed by atoms with van der Waals surface area (Å²) in [5.41, 5.74) is 2.18. The number of hydrogen-bond acceptors (Lipinski definition) is 5. The highest BCUT2D eigenvalue weighted by Gasteiger charge is 2.09. The number of unbranched alkanes of at least 4 members (excludes halogenated alkanes) is 2. The normalized spacial score (nSPS) is 11.0. The van der Waals surface area contributed by atoms with E-state index in [1.807, 2.05) is 19.1 Å². The lowest BCUT2D eigenvalue weighted by Crippen LogP contribution is -2.04. The summed E-state index contributed by atoms with van der Waals surface area (Å²) in [5.74, 6) is 1.72. The van der Waals surface area contributed by atoms with Gasteiger partial charge in [-0.2, -0.15) is 0 Å². The van der Waals surface area contributed by atoms with Gasteiger partial charge in [-0.15, -0.1) is 5.16 Å². The Balaban J connectivity index is 2.36. The van der Waals surface area contributed by atoms with Gasteiger partial charge in [-0.1, -0.05) is 30.1 Å². The standard InChI is InChI=1S/C20H29Cl2NO4/c1-3-17-15-18(26-13-8-19(21)22)14-16(2)20(17)27-12-6-4-5-10-25-11-7-9-23-24/h8-9,14-15,24H,3-7,10-13H2,1-2H3. The second-order valence-electron chi connectivity index (χ2n) is 5.99. The lowest BCUT2D eigenvalue weighted by molar-refractivity contribution is 0.135. The minimum absolute atomic E-state index is 0.201. The van der Waals surface area contributed by atoms with Crippen LogP contribution < -0.4 is 9.47 Å². The molecule has 0 saturated heterocycles. The van der Waals surface area contributed by atoms with Crippen molar-refractivity contribution in [2.45, 2.75) is 46.0 Å². The molecule has 0 aliphatic rings. The van der Waals surface area contributed by atoms with E-state index in [-0.39, 0.29) is 4.49 Å². The third-order valence-electron chi connectivity index (χ3n) is 3.85. The highest BCUT2D eigenvalue weighted by Crippen LogP contribution is 2.30. The molecule has 0 aromatic heterocycles. The fourth-order valence-electron chi connectivity index (χ4n) is 2.52. The maximum atomic E-state index is 8.27. The summed E-state index contributed by atoms with van der Waals surface area (Å²) >= 11 is 11.2. The smallest absolute Gasteiger partial charge is 0.125 e. The first-order valence-corrected chi connectivity index (χ1v) is 9.98. The molecule has 0 saturated carbocycles. The monoisotopic (exact) mass is 417 g/mol. The fourth-order valence-corrected chi connectivity index (χ4v) is 2.64. The van der Waals surface area contributed by atoms with Crippen molar-refractivity contribution in [3.8, 4) is 11.5 Å². The maximum Gasteiger partial charge on any atom is 0.125 e. The lowest BCUT2D eigenvalue weighted by Gasteiger charge is -2.15. The lowest BCUT2D eigenvalue weighted by atomic mass is 10.1. The van der Waals surface area contributed by atoms with Gasteiger partial charge in [0.2, 0.25) is 0 Å². The molecule has 0 bridgehead atoms. The molecule has 5 nitrogen and oxygen atoms in total. The van der Waals surface area contributed by atoms with Crippen LogP contribution >= 0.6 is 23.2 Å². The van der Waals surface area contributed by atoms with Gasteiger partial charge in [-0.05, 0) is 61.9 Å². The Kier molecular flexibility index (Phi) is 12.8. The minimum Gasteiger partial charge on any atom is -0.493 e. The molecule has 0 heterocycles. The van der Waals surface area contributed by atoms with Crippen molar-refractivity contribution >= 4 is 29.4 Å². The molecule has 1 rings (SSSR count). The third kappa shape index (κ3) is 10.5. The highest BCUT2D eigenvalue weighted by molar-refractivity contribution is 6.55. The number of aryl methyl sites for hydroxylation is 2. The van der Waals surface area contributed by atoms with Crippen LogP contribution in [0, 0.1) is 6.92 Å². The average Bonchev–Trinajstić information content (AvgIpc) is 2.64. The molecular weight excluding hydrogens is 389 g/mol. The molecule has 1 aromatic rings. The van der Waals surface area contributed by atoms with E-state index in [9.17, 15) is 0 Å². The summed E-state index contributed by atoms with van der Waals surface area (Å²) in [4.78, 5) is 0. The van der Waals surface area contributed by atoms with E-state index in [0.29, 0.717) is 32.8 Å². The molecule has 7 heteroatoms. The van der Waals surface area contributed by atoms with E-state index in [4.69, 9.17) is 42.6 Å². The number of oxime groups is 1. The van der Waals surface area contributed by atoms with Gasteiger partial charge < -0.3 is 19.4 Å². The second-order valence-corrected chi connectivity index (χ2v) is 7.00. The van der Waals surface area contributed by atoms with Gasteiger partial charge in [0, 0.05) is 19.2 Å². The SMILES string of the molecule is CCc1cc(OCC=C(Cl)Cl)cc(C)c1OCCCCCOCCC=NO. The van der Waals surface area contributed by atoms with Gasteiger partial charge >= 0.3 is 0 Å². The number of halogens is 2. The number of nitrogens with zero attached hydrogens (tertiary/aromatic N) is 1. The van der Waals surface area contributed by atoms with Gasteiger partial charge in [-0.25, -0.2) is 0 Å². The molecule has 27 heavy (non-hydrogen) atoms. The summed E-state index contributed by atoms with van der Waals surface area (Å²) < 4.78 is 17.3. The van der Waals surface area contributed by atoms with Gasteiger partial charge in [0.05, 0.1) is 13.2 Å². The summed E-state index contributed by atoms with van der Waals surface area (Å²) in [5, 5.41) is 11.2. The number of rotatable bonds is 14. The van der Waals surface area contributed by atoms with Gasteiger partial charge in [0.25, 0.3) is 0 Å². The summed E-state index contributed by atoms with van der Waals surface area (Å²) in [7, 11) is 0. The fraction of sp³-hybridized carbons (Fsp3) is 0.550. The Labute approximate surface area is 171 Å². The van der Waals surface area contributed by atoms with Crippen molar-refractivity contribution in [1.82, 2.24) is 0 Å². The van der Waals surface area contributed by atoms with Crippen molar-refractivity contribution in [3.05, 3.63) is 33.8 Å². The van der Waals surface area contributed by atoms with Gasteiger partial charge in [0.1, 0.15) is 22.6 Å². The Hall–Kier alpha value is -1.43. The maximum absolute atomic E-state index is 8.27. The summed E-state index contributed by atoms with van der Waals surface area (Å²) in [6.45, 7) is 6.43. The first kappa shape index (κ1) is 23.6. The van der Waals surface area contributed by atoms with Crippen molar-refractivity contribution in [2.75, 3.05) is 26.4 Å². The molecule has 152 valence electrons. The molecule has 0 aliphatic heterocycles. The second kappa shape index (κ2) is 14.6. The number of hydrogen-bond donors (Lipinski definition) is 1. The predicted molar refractivity (Wildman–Crippen MR) is 111 cm³/mol. The highest BCUT2D eigenvalue weighted by atomic mass is 35.5. The van der Waals surface area contributed by atoms with Crippen LogP contribution in [0.1, 0.15) is 43.7 Å². The zero-order valence-corrected chi connectivity index (χ0v) is 17.6. The average molecular weight is 418 g/mol. The first-order valence-electron chi connectivity index (χ1n) is 9.22. The molecular formula is C20H29Cl2NO4. The van der Waals surface area contributed by atoms with Crippen molar-refractivity contribution < 1.29 is 19.4 Å². The molecule has 0 unspecified atom stereocenters. The Bertz CT molecular complexity index is 602. The Morgan fingerprint density at radius 3 is 2.59 bits per heavy atom. The molecule has 0 amide bonds. The molecule has 0 radical (unpaired) electrons. The van der Waals surface area contributed by atoms with Crippen LogP contribution in [0.5, 0.6) is 11.5 Å². The molecule has 1 N–H and O–H groups in total.